The van der Waals surface area contributed by atoms with Crippen molar-refractivity contribution in [1.29, 1.82) is 0 Å². The number of benzene rings is 1. The third-order valence-corrected chi connectivity index (χ3v) is 4.55. The fourth-order valence-electron chi connectivity index (χ4n) is 3.06. The second-order valence-electron chi connectivity index (χ2n) is 7.94. The summed E-state index contributed by atoms with van der Waals surface area (Å²) in [6.07, 6.45) is 2.87. The molecular weight excluding hydrogens is 347 g/mol. The van der Waals surface area contributed by atoms with E-state index >= 15 is 0 Å². The van der Waals surface area contributed by atoms with Crippen LogP contribution in [0.1, 0.15) is 44.7 Å². The summed E-state index contributed by atoms with van der Waals surface area (Å²) in [6, 6.07) is 4.67. The smallest absolute Gasteiger partial charge is 0.407 e. The fourth-order valence-corrected chi connectivity index (χ4v) is 3.06. The maximum atomic E-state index is 13.9. The van der Waals surface area contributed by atoms with Crippen molar-refractivity contribution in [2.24, 2.45) is 5.92 Å². The lowest BCUT2D eigenvalue weighted by Gasteiger charge is -2.32. The first-order valence-electron chi connectivity index (χ1n) is 9.33. The van der Waals surface area contributed by atoms with Gasteiger partial charge in [-0.15, -0.1) is 0 Å². The number of amides is 2. The quantitative estimate of drug-likeness (QED) is 0.851. The second kappa shape index (κ2) is 9.02. The van der Waals surface area contributed by atoms with E-state index < -0.39 is 11.7 Å². The predicted molar refractivity (Wildman–Crippen MR) is 104 cm³/mol. The molecule has 1 fully saturated rings. The molecule has 2 rings (SSSR count). The monoisotopic (exact) mass is 376 g/mol. The van der Waals surface area contributed by atoms with Crippen LogP contribution < -0.4 is 5.32 Å². The molecule has 6 heteroatoms. The molecule has 27 heavy (non-hydrogen) atoms. The number of nitrogens with one attached hydrogen (secondary N) is 1. The highest BCUT2D eigenvalue weighted by atomic mass is 19.1. The van der Waals surface area contributed by atoms with Gasteiger partial charge in [-0.2, -0.15) is 0 Å². The summed E-state index contributed by atoms with van der Waals surface area (Å²) in [5.74, 6) is -0.138. The number of alkyl carbamates (subject to hydrolysis) is 1. The molecule has 0 bridgehead atoms. The van der Waals surface area contributed by atoms with Crippen molar-refractivity contribution < 1.29 is 18.7 Å². The van der Waals surface area contributed by atoms with Crippen LogP contribution in [0.4, 0.5) is 9.18 Å². The van der Waals surface area contributed by atoms with E-state index in [1.807, 2.05) is 20.8 Å². The van der Waals surface area contributed by atoms with Gasteiger partial charge in [-0.25, -0.2) is 9.18 Å². The Kier molecular flexibility index (Phi) is 6.99. The van der Waals surface area contributed by atoms with Gasteiger partial charge >= 0.3 is 6.09 Å². The number of hydrogen-bond acceptors (Lipinski definition) is 3. The van der Waals surface area contributed by atoms with Crippen LogP contribution in [0.3, 0.4) is 0 Å². The van der Waals surface area contributed by atoms with Crippen LogP contribution in [-0.4, -0.2) is 42.1 Å². The van der Waals surface area contributed by atoms with E-state index in [-0.39, 0.29) is 18.1 Å². The van der Waals surface area contributed by atoms with Crippen molar-refractivity contribution in [1.82, 2.24) is 10.2 Å². The van der Waals surface area contributed by atoms with E-state index in [9.17, 15) is 14.0 Å². The molecule has 5 nitrogen and oxygen atoms in total. The maximum absolute atomic E-state index is 13.9. The molecule has 0 aromatic heterocycles. The first-order chi connectivity index (χ1) is 12.7. The van der Waals surface area contributed by atoms with Gasteiger partial charge in [-0.1, -0.05) is 18.7 Å². The van der Waals surface area contributed by atoms with Crippen LogP contribution >= 0.6 is 0 Å². The molecule has 0 saturated carbocycles. The molecule has 1 aromatic carbocycles. The van der Waals surface area contributed by atoms with Crippen molar-refractivity contribution in [2.45, 2.75) is 45.6 Å². The minimum atomic E-state index is -0.516. The first-order valence-corrected chi connectivity index (χ1v) is 9.33. The third-order valence-electron chi connectivity index (χ3n) is 4.55. The molecule has 0 unspecified atom stereocenters. The van der Waals surface area contributed by atoms with Crippen LogP contribution in [0, 0.1) is 11.7 Å². The molecule has 1 aliphatic heterocycles. The number of carbonyl (C=O) groups is 2. The number of piperidine rings is 1. The average Bonchev–Trinajstić information content (AvgIpc) is 2.60. The van der Waals surface area contributed by atoms with Crippen molar-refractivity contribution in [2.75, 3.05) is 19.6 Å². The summed E-state index contributed by atoms with van der Waals surface area (Å²) in [7, 11) is 0. The molecular formula is C21H29FN2O3. The highest BCUT2D eigenvalue weighted by Crippen LogP contribution is 2.19. The van der Waals surface area contributed by atoms with E-state index in [0.717, 1.165) is 18.4 Å². The molecule has 1 N–H and O–H groups in total. The van der Waals surface area contributed by atoms with Gasteiger partial charge in [0.1, 0.15) is 11.4 Å². The Morgan fingerprint density at radius 3 is 2.59 bits per heavy atom. The lowest BCUT2D eigenvalue weighted by atomic mass is 9.96. The molecule has 0 spiro atoms. The molecule has 148 valence electrons. The SMILES string of the molecule is C=Cc1ccc(F)c(CC(=O)N2CCC(CNC(=O)OC(C)(C)C)CC2)c1. The number of halogens is 1. The largest absolute Gasteiger partial charge is 0.444 e. The number of rotatable bonds is 5. The van der Waals surface area contributed by atoms with Gasteiger partial charge in [0, 0.05) is 19.6 Å². The van der Waals surface area contributed by atoms with Crippen LogP contribution in [0.5, 0.6) is 0 Å². The Morgan fingerprint density at radius 1 is 1.33 bits per heavy atom. The Morgan fingerprint density at radius 2 is 2.00 bits per heavy atom. The van der Waals surface area contributed by atoms with Gasteiger partial charge in [0.25, 0.3) is 0 Å². The molecule has 0 atom stereocenters. The van der Waals surface area contributed by atoms with Crippen LogP contribution in [0.15, 0.2) is 24.8 Å². The van der Waals surface area contributed by atoms with Crippen molar-refractivity contribution in [3.63, 3.8) is 0 Å². The van der Waals surface area contributed by atoms with E-state index in [1.54, 1.807) is 23.1 Å². The molecule has 0 aliphatic carbocycles. The van der Waals surface area contributed by atoms with Crippen LogP contribution in [-0.2, 0) is 16.0 Å². The number of hydrogen-bond donors (Lipinski definition) is 1. The van der Waals surface area contributed by atoms with E-state index in [2.05, 4.69) is 11.9 Å². The van der Waals surface area contributed by atoms with Crippen LogP contribution in [0.2, 0.25) is 0 Å². The highest BCUT2D eigenvalue weighted by Gasteiger charge is 2.24. The standard InChI is InChI=1S/C21H29FN2O3/c1-5-15-6-7-18(22)17(12-15)13-19(25)24-10-8-16(9-11-24)14-23-20(26)27-21(2,3)4/h5-7,12,16H,1,8-11,13-14H2,2-4H3,(H,23,26). The molecule has 1 aliphatic rings. The predicted octanol–water partition coefficient (Wildman–Crippen LogP) is 3.77. The topological polar surface area (TPSA) is 58.6 Å². The Bertz CT molecular complexity index is 689. The summed E-state index contributed by atoms with van der Waals surface area (Å²) in [5.41, 5.74) is 0.676. The van der Waals surface area contributed by atoms with Crippen molar-refractivity contribution in [3.8, 4) is 0 Å². The average molecular weight is 376 g/mol. The Labute approximate surface area is 160 Å². The lowest BCUT2D eigenvalue weighted by molar-refractivity contribution is -0.131. The van der Waals surface area contributed by atoms with Gasteiger partial charge in [0.2, 0.25) is 5.91 Å². The lowest BCUT2D eigenvalue weighted by Crippen LogP contribution is -2.43. The number of ether oxygens (including phenoxy) is 1. The van der Waals surface area contributed by atoms with Crippen molar-refractivity contribution >= 4 is 18.1 Å². The summed E-state index contributed by atoms with van der Waals surface area (Å²) >= 11 is 0. The zero-order valence-electron chi connectivity index (χ0n) is 16.4. The minimum Gasteiger partial charge on any atom is -0.444 e. The molecule has 1 saturated heterocycles. The fraction of sp³-hybridized carbons (Fsp3) is 0.524. The Balaban J connectivity index is 1.79. The summed E-state index contributed by atoms with van der Waals surface area (Å²) in [4.78, 5) is 26.0. The van der Waals surface area contributed by atoms with E-state index in [1.165, 1.54) is 6.07 Å². The van der Waals surface area contributed by atoms with Gasteiger partial charge in [0.15, 0.2) is 0 Å². The minimum absolute atomic E-state index is 0.0499. The third kappa shape index (κ3) is 6.70. The van der Waals surface area contributed by atoms with Gasteiger partial charge in [-0.05, 0) is 62.8 Å². The summed E-state index contributed by atoms with van der Waals surface area (Å²) in [5, 5.41) is 2.79. The zero-order valence-corrected chi connectivity index (χ0v) is 16.4. The number of likely N-dealkylation sites (tertiary alicyclic amines) is 1. The molecule has 1 heterocycles. The van der Waals surface area contributed by atoms with Gasteiger partial charge < -0.3 is 15.0 Å². The van der Waals surface area contributed by atoms with Gasteiger partial charge in [-0.3, -0.25) is 4.79 Å². The normalized spacial score (nSPS) is 15.3. The first kappa shape index (κ1) is 20.9. The van der Waals surface area contributed by atoms with Gasteiger partial charge in [0.05, 0.1) is 6.42 Å². The molecule has 2 amide bonds. The molecule has 0 radical (unpaired) electrons. The van der Waals surface area contributed by atoms with E-state index in [0.29, 0.717) is 31.1 Å². The summed E-state index contributed by atoms with van der Waals surface area (Å²) < 4.78 is 19.2. The number of carbonyl (C=O) groups excluding carboxylic acids is 2. The molecule has 1 aromatic rings. The highest BCUT2D eigenvalue weighted by molar-refractivity contribution is 5.79. The summed E-state index contributed by atoms with van der Waals surface area (Å²) in [6.45, 7) is 10.9. The van der Waals surface area contributed by atoms with E-state index in [4.69, 9.17) is 4.74 Å². The Hall–Kier alpha value is -2.37. The number of nitrogens with zero attached hydrogens (tertiary/aromatic N) is 1. The van der Waals surface area contributed by atoms with Crippen molar-refractivity contribution in [3.05, 3.63) is 41.7 Å². The second-order valence-corrected chi connectivity index (χ2v) is 7.94. The maximum Gasteiger partial charge on any atom is 0.407 e. The zero-order chi connectivity index (χ0) is 20.0. The van der Waals surface area contributed by atoms with Crippen LogP contribution in [0.25, 0.3) is 6.08 Å².